The van der Waals surface area contributed by atoms with E-state index in [0.29, 0.717) is 11.4 Å². The zero-order valence-electron chi connectivity index (χ0n) is 43.1. The Hall–Kier alpha value is -6.03. The molecular weight excluding hydrogens is 1030 g/mol. The summed E-state index contributed by atoms with van der Waals surface area (Å²) in [5.74, 6) is 1.77. The molecule has 0 fully saturated rings. The van der Waals surface area contributed by atoms with Gasteiger partial charge in [-0.05, 0) is 101 Å². The maximum atomic E-state index is 12.6. The van der Waals surface area contributed by atoms with Crippen molar-refractivity contribution in [1.82, 2.24) is 14.5 Å². The Bertz CT molecular complexity index is 3390. The van der Waals surface area contributed by atoms with E-state index < -0.39 is 0 Å². The van der Waals surface area contributed by atoms with Crippen molar-refractivity contribution in [2.24, 2.45) is 0 Å². The van der Waals surface area contributed by atoms with Crippen LogP contribution in [0.15, 0.2) is 126 Å². The molecule has 1 N–H and O–H groups in total. The van der Waals surface area contributed by atoms with Gasteiger partial charge in [-0.2, -0.15) is 0 Å². The number of nitrogens with zero attached hydrogens (tertiary/aromatic N) is 3. The van der Waals surface area contributed by atoms with Crippen LogP contribution in [-0.4, -0.2) is 19.6 Å². The smallest absolute Gasteiger partial charge is 0.151 e. The fraction of sp³-hybridized carbons (Fsp3) is 0.302. The Morgan fingerprint density at radius 1 is 0.580 bits per heavy atom. The molecule has 0 atom stereocenters. The molecule has 69 heavy (non-hydrogen) atoms. The molecule has 356 valence electrons. The largest absolute Gasteiger partial charge is 0.507 e. The molecule has 0 aliphatic carbocycles. The third-order valence-electron chi connectivity index (χ3n) is 13.5. The minimum absolute atomic E-state index is 0. The molecule has 6 heteroatoms. The third-order valence-corrected chi connectivity index (χ3v) is 13.5. The van der Waals surface area contributed by atoms with Crippen LogP contribution in [-0.2, 0) is 42.7 Å². The number of para-hydroxylation sites is 1. The molecule has 6 aromatic carbocycles. The number of fused-ring (bicyclic) bond motifs is 2. The molecule has 3 heterocycles. The van der Waals surface area contributed by atoms with Crippen LogP contribution in [0.3, 0.4) is 0 Å². The van der Waals surface area contributed by atoms with Crippen molar-refractivity contribution in [1.29, 1.82) is 0 Å². The van der Waals surface area contributed by atoms with Crippen LogP contribution < -0.4 is 0 Å². The molecule has 5 nitrogen and oxygen atoms in total. The van der Waals surface area contributed by atoms with Crippen molar-refractivity contribution < 1.29 is 30.6 Å². The van der Waals surface area contributed by atoms with E-state index in [1.807, 2.05) is 6.20 Å². The maximum Gasteiger partial charge on any atom is 0.151 e. The SMILES string of the molecule is Cc1cc(C)c(-c2cc3cc(-c4[c-]c(-c5cccc6c5nc(-c5cc(C(C)(C)C)cc(C(C)(C)C)c5O)n6-c5ccc(C(C)(C)C)cc5-c5ccccc5)cc(C(C)(C)C)c4)ncc3o2)c(C)c1.[Pt]. The van der Waals surface area contributed by atoms with E-state index in [0.717, 1.165) is 89.2 Å². The number of phenolic OH excluding ortho intramolecular Hbond substituents is 1. The van der Waals surface area contributed by atoms with Crippen molar-refractivity contribution in [3.05, 3.63) is 166 Å². The van der Waals surface area contributed by atoms with Crippen LogP contribution in [0.1, 0.15) is 122 Å². The number of aromatic hydroxyl groups is 1. The molecule has 3 aromatic heterocycles. The predicted octanol–water partition coefficient (Wildman–Crippen LogP) is 17.1. The third kappa shape index (κ3) is 9.40. The number of rotatable bonds is 6. The quantitative estimate of drug-likeness (QED) is 0.169. The van der Waals surface area contributed by atoms with Crippen LogP contribution >= 0.6 is 0 Å². The first-order chi connectivity index (χ1) is 31.9. The second kappa shape index (κ2) is 17.7. The summed E-state index contributed by atoms with van der Waals surface area (Å²) in [6.07, 6.45) is 1.85. The number of aryl methyl sites for hydroxylation is 3. The second-order valence-electron chi connectivity index (χ2n) is 23.2. The van der Waals surface area contributed by atoms with E-state index in [1.165, 1.54) is 22.3 Å². The molecule has 0 bridgehead atoms. The summed E-state index contributed by atoms with van der Waals surface area (Å²) in [6.45, 7) is 33.1. The van der Waals surface area contributed by atoms with E-state index in [9.17, 15) is 5.11 Å². The van der Waals surface area contributed by atoms with Crippen LogP contribution in [0.25, 0.3) is 83.9 Å². The Morgan fingerprint density at radius 2 is 1.20 bits per heavy atom. The van der Waals surface area contributed by atoms with Crippen molar-refractivity contribution >= 4 is 22.0 Å². The van der Waals surface area contributed by atoms with Gasteiger partial charge in [0.2, 0.25) is 0 Å². The fourth-order valence-electron chi connectivity index (χ4n) is 9.67. The fourth-order valence-corrected chi connectivity index (χ4v) is 9.67. The first-order valence-corrected chi connectivity index (χ1v) is 24.0. The van der Waals surface area contributed by atoms with Crippen molar-refractivity contribution in [2.75, 3.05) is 0 Å². The van der Waals surface area contributed by atoms with Crippen molar-refractivity contribution in [3.63, 3.8) is 0 Å². The number of hydrogen-bond donors (Lipinski definition) is 1. The number of pyridine rings is 1. The van der Waals surface area contributed by atoms with Gasteiger partial charge in [-0.1, -0.05) is 173 Å². The van der Waals surface area contributed by atoms with E-state index in [1.54, 1.807) is 0 Å². The molecule has 0 spiro atoms. The van der Waals surface area contributed by atoms with E-state index in [4.69, 9.17) is 14.4 Å². The second-order valence-corrected chi connectivity index (χ2v) is 23.2. The zero-order valence-corrected chi connectivity index (χ0v) is 45.3. The van der Waals surface area contributed by atoms with E-state index in [-0.39, 0.29) is 48.5 Å². The molecule has 0 aliphatic heterocycles. The van der Waals surface area contributed by atoms with E-state index in [2.05, 4.69) is 230 Å². The summed E-state index contributed by atoms with van der Waals surface area (Å²) in [4.78, 5) is 10.7. The van der Waals surface area contributed by atoms with Crippen molar-refractivity contribution in [2.45, 2.75) is 126 Å². The first-order valence-electron chi connectivity index (χ1n) is 24.0. The number of phenols is 1. The number of aromatic nitrogens is 3. The molecular formula is C63H66N3O2Pt-. The summed E-state index contributed by atoms with van der Waals surface area (Å²) >= 11 is 0. The Balaban J connectivity index is 0.00000642. The van der Waals surface area contributed by atoms with Crippen LogP contribution in [0.4, 0.5) is 0 Å². The van der Waals surface area contributed by atoms with Gasteiger partial charge in [0.25, 0.3) is 0 Å². The standard InChI is InChI=1S/C63H66N3O2.Pt/c1-37-26-38(2)56(39(3)27-37)54-32-43-31-51(64-36-55(43)68-54)42-28-41(29-45(30-42)61(7,8)9)47-22-19-23-53-57(47)65-59(49-34-46(62(10,11)12)35-50(58(49)67)63(13,14)15)66(53)52-25-24-44(60(4,5)6)33-48(52)40-20-17-16-18-21-40;/h16-27,29-36,67H,1-15H3;/q-1;. The van der Waals surface area contributed by atoms with Gasteiger partial charge < -0.3 is 9.52 Å². The molecule has 0 radical (unpaired) electrons. The number of hydrogen-bond acceptors (Lipinski definition) is 4. The zero-order chi connectivity index (χ0) is 48.8. The molecule has 0 saturated heterocycles. The molecule has 0 aliphatic rings. The van der Waals surface area contributed by atoms with Crippen LogP contribution in [0, 0.1) is 26.8 Å². The minimum atomic E-state index is -0.335. The summed E-state index contributed by atoms with van der Waals surface area (Å²) in [5, 5.41) is 13.6. The Kier molecular flexibility index (Phi) is 12.7. The van der Waals surface area contributed by atoms with Gasteiger partial charge in [0.15, 0.2) is 5.58 Å². The average molecular weight is 1090 g/mol. The number of benzene rings is 6. The number of imidazole rings is 1. The summed E-state index contributed by atoms with van der Waals surface area (Å²) < 4.78 is 8.75. The molecule has 9 rings (SSSR count). The number of furan rings is 1. The molecule has 0 saturated carbocycles. The predicted molar refractivity (Wildman–Crippen MR) is 285 cm³/mol. The monoisotopic (exact) mass is 1090 g/mol. The average Bonchev–Trinajstić information content (AvgIpc) is 3.86. The van der Waals surface area contributed by atoms with Gasteiger partial charge in [-0.25, -0.2) is 4.98 Å². The summed E-state index contributed by atoms with van der Waals surface area (Å²) in [6, 6.07) is 45.2. The topological polar surface area (TPSA) is 64.1 Å². The first kappa shape index (κ1) is 49.4. The van der Waals surface area contributed by atoms with Gasteiger partial charge >= 0.3 is 0 Å². The van der Waals surface area contributed by atoms with Gasteiger partial charge in [-0.3, -0.25) is 9.55 Å². The van der Waals surface area contributed by atoms with Crippen molar-refractivity contribution in [3.8, 4) is 67.7 Å². The van der Waals surface area contributed by atoms with Gasteiger partial charge in [0, 0.05) is 48.8 Å². The molecule has 9 aromatic rings. The summed E-state index contributed by atoms with van der Waals surface area (Å²) in [5.41, 5.74) is 18.3. The molecule has 0 amide bonds. The Morgan fingerprint density at radius 3 is 1.84 bits per heavy atom. The minimum Gasteiger partial charge on any atom is -0.507 e. The van der Waals surface area contributed by atoms with Gasteiger partial charge in [0.1, 0.15) is 17.3 Å². The van der Waals surface area contributed by atoms with Crippen LogP contribution in [0.2, 0.25) is 0 Å². The van der Waals surface area contributed by atoms with E-state index >= 15 is 0 Å². The van der Waals surface area contributed by atoms with Gasteiger partial charge in [-0.15, -0.1) is 29.3 Å². The van der Waals surface area contributed by atoms with Gasteiger partial charge in [0.05, 0.1) is 28.5 Å². The van der Waals surface area contributed by atoms with Crippen LogP contribution in [0.5, 0.6) is 5.75 Å². The molecule has 0 unspecified atom stereocenters. The Labute approximate surface area is 424 Å². The summed E-state index contributed by atoms with van der Waals surface area (Å²) in [7, 11) is 0. The maximum absolute atomic E-state index is 12.6. The normalized spacial score (nSPS) is 12.5.